The highest BCUT2D eigenvalue weighted by atomic mass is 35.5. The van der Waals surface area contributed by atoms with Crippen LogP contribution in [-0.2, 0) is 0 Å². The highest BCUT2D eigenvalue weighted by molar-refractivity contribution is 7.21. The Morgan fingerprint density at radius 1 is 1.07 bits per heavy atom. The first-order valence-electron chi connectivity index (χ1n) is 11.9. The van der Waals surface area contributed by atoms with Gasteiger partial charge in [-0.1, -0.05) is 35.9 Å². The molecule has 0 aliphatic heterocycles. The van der Waals surface area contributed by atoms with Crippen molar-refractivity contribution in [3.63, 3.8) is 0 Å². The minimum atomic E-state index is -0.919. The normalized spacial score (nSPS) is 11.2. The number of pyridine rings is 1. The van der Waals surface area contributed by atoms with Gasteiger partial charge in [-0.25, -0.2) is 9.37 Å². The summed E-state index contributed by atoms with van der Waals surface area (Å²) in [5.74, 6) is -1.44. The van der Waals surface area contributed by atoms with Gasteiger partial charge in [-0.2, -0.15) is 0 Å². The molecule has 6 aromatic rings. The average Bonchev–Trinajstić information content (AvgIpc) is 3.52. The zero-order valence-electron chi connectivity index (χ0n) is 20.7. The number of nitrogens with two attached hydrogens (primary N) is 1. The van der Waals surface area contributed by atoms with Crippen molar-refractivity contribution < 1.29 is 28.2 Å². The number of halogens is 2. The number of methoxy groups -OCH3 is 1. The zero-order valence-corrected chi connectivity index (χ0v) is 22.3. The van der Waals surface area contributed by atoms with Crippen LogP contribution >= 0.6 is 22.9 Å². The second-order valence-corrected chi connectivity index (χ2v) is 10.2. The van der Waals surface area contributed by atoms with Crippen LogP contribution in [0.15, 0.2) is 83.4 Å². The molecule has 3 heterocycles. The molecule has 0 unspecified atom stereocenters. The molecule has 3 aromatic carbocycles. The number of thiophene rings is 1. The number of carbonyl (C=O) groups is 1. The van der Waals surface area contributed by atoms with Crippen LogP contribution in [0.5, 0.6) is 11.7 Å². The zero-order chi connectivity index (χ0) is 28.0. The molecule has 0 amide bonds. The SMILES string of the molecule is COc1ccc(-[n+]2noc([O-])c2C(=O)c2sc3nc(-c4ccc(Cl)cc4)cc(-c4cccc(F)c4)c3c2N)cc1. The number of nitrogen functional groups attached to an aromatic ring is 1. The maximum Gasteiger partial charge on any atom is 0.312 e. The number of carbonyl (C=O) groups excluding carboxylic acids is 1. The first-order chi connectivity index (χ1) is 19.3. The fourth-order valence-corrected chi connectivity index (χ4v) is 5.57. The van der Waals surface area contributed by atoms with Crippen LogP contribution in [0.3, 0.4) is 0 Å². The number of anilines is 1. The van der Waals surface area contributed by atoms with Gasteiger partial charge in [-0.05, 0) is 58.3 Å². The van der Waals surface area contributed by atoms with Gasteiger partial charge in [0.15, 0.2) is 5.95 Å². The Morgan fingerprint density at radius 2 is 1.82 bits per heavy atom. The topological polar surface area (TPSA) is 118 Å². The molecule has 8 nitrogen and oxygen atoms in total. The summed E-state index contributed by atoms with van der Waals surface area (Å²) in [7, 11) is 1.53. The minimum Gasteiger partial charge on any atom is -0.539 e. The van der Waals surface area contributed by atoms with Crippen molar-refractivity contribution in [2.75, 3.05) is 12.8 Å². The second-order valence-electron chi connectivity index (χ2n) is 8.75. The number of rotatable bonds is 6. The van der Waals surface area contributed by atoms with Gasteiger partial charge < -0.3 is 20.1 Å². The summed E-state index contributed by atoms with van der Waals surface area (Å²) < 4.78 is 25.4. The molecule has 0 bridgehead atoms. The maximum atomic E-state index is 14.3. The van der Waals surface area contributed by atoms with E-state index in [4.69, 9.17) is 31.6 Å². The van der Waals surface area contributed by atoms with Crippen LogP contribution < -0.4 is 20.3 Å². The van der Waals surface area contributed by atoms with Crippen molar-refractivity contribution in [1.29, 1.82) is 0 Å². The molecule has 0 fully saturated rings. The first kappa shape index (κ1) is 25.5. The third kappa shape index (κ3) is 4.42. The van der Waals surface area contributed by atoms with Gasteiger partial charge in [-0.3, -0.25) is 4.79 Å². The predicted molar refractivity (Wildman–Crippen MR) is 147 cm³/mol. The number of benzene rings is 3. The Bertz CT molecular complexity index is 1900. The molecular weight excluding hydrogens is 555 g/mol. The third-order valence-electron chi connectivity index (χ3n) is 6.32. The van der Waals surface area contributed by atoms with Gasteiger partial charge >= 0.3 is 5.69 Å². The fraction of sp³-hybridized carbons (Fsp3) is 0.0345. The molecule has 0 atom stereocenters. The molecule has 0 spiro atoms. The molecule has 2 N–H and O–H groups in total. The summed E-state index contributed by atoms with van der Waals surface area (Å²) >= 11 is 7.10. The van der Waals surface area contributed by atoms with Crippen LogP contribution in [0.1, 0.15) is 15.4 Å². The minimum absolute atomic E-state index is 0.0796. The van der Waals surface area contributed by atoms with Crippen molar-refractivity contribution in [3.8, 4) is 39.8 Å². The van der Waals surface area contributed by atoms with Crippen LogP contribution in [0, 0.1) is 5.82 Å². The number of ketones is 1. The molecule has 0 aliphatic carbocycles. The van der Waals surface area contributed by atoms with Crippen LogP contribution in [0.2, 0.25) is 5.02 Å². The quantitative estimate of drug-likeness (QED) is 0.204. The Kier molecular flexibility index (Phi) is 6.41. The van der Waals surface area contributed by atoms with E-state index >= 15 is 0 Å². The number of ether oxygens (including phenoxy) is 1. The molecule has 0 aliphatic rings. The number of hydrogen-bond acceptors (Lipinski definition) is 8. The maximum absolute atomic E-state index is 14.3. The summed E-state index contributed by atoms with van der Waals surface area (Å²) in [6.45, 7) is 0. The Hall–Kier alpha value is -4.80. The number of aromatic nitrogens is 3. The van der Waals surface area contributed by atoms with Gasteiger partial charge in [0.2, 0.25) is 5.69 Å². The average molecular weight is 573 g/mol. The second kappa shape index (κ2) is 10.1. The summed E-state index contributed by atoms with van der Waals surface area (Å²) in [5, 5.41) is 17.5. The molecule has 40 heavy (non-hydrogen) atoms. The van der Waals surface area contributed by atoms with Gasteiger partial charge in [0.25, 0.3) is 5.78 Å². The summed E-state index contributed by atoms with van der Waals surface area (Å²) in [6, 6.07) is 21.5. The molecule has 0 radical (unpaired) electrons. The fourth-order valence-electron chi connectivity index (χ4n) is 4.39. The van der Waals surface area contributed by atoms with E-state index in [1.807, 2.05) is 12.1 Å². The number of fused-ring (bicyclic) bond motifs is 1. The van der Waals surface area contributed by atoms with E-state index in [1.165, 1.54) is 19.2 Å². The molecule has 3 aromatic heterocycles. The van der Waals surface area contributed by atoms with E-state index in [-0.39, 0.29) is 16.3 Å². The number of nitrogens with zero attached hydrogens (tertiary/aromatic N) is 3. The first-order valence-corrected chi connectivity index (χ1v) is 13.1. The van der Waals surface area contributed by atoms with Crippen LogP contribution in [0.25, 0.3) is 38.3 Å². The highest BCUT2D eigenvalue weighted by Crippen LogP contribution is 2.42. The van der Waals surface area contributed by atoms with Crippen molar-refractivity contribution in [1.82, 2.24) is 10.3 Å². The van der Waals surface area contributed by atoms with Crippen molar-refractivity contribution in [3.05, 3.63) is 100 Å². The van der Waals surface area contributed by atoms with Crippen LogP contribution in [-0.4, -0.2) is 23.1 Å². The van der Waals surface area contributed by atoms with Gasteiger partial charge in [0.1, 0.15) is 21.3 Å². The van der Waals surface area contributed by atoms with Gasteiger partial charge in [0, 0.05) is 28.1 Å². The lowest BCUT2D eigenvalue weighted by atomic mass is 9.99. The largest absolute Gasteiger partial charge is 0.539 e. The van der Waals surface area contributed by atoms with E-state index < -0.39 is 17.5 Å². The third-order valence-corrected chi connectivity index (χ3v) is 7.67. The standard InChI is InChI=1S/C29H18ClFN4O4S/c1-38-20-11-9-19(10-12-20)35-25(29(37)39-34-35)26(36)27-24(32)23-21(16-3-2-4-18(31)13-16)14-22(33-28(23)40-27)15-5-7-17(30)8-6-15/h2-14H,1H3,(H2-,32,34,36,37). The lowest BCUT2D eigenvalue weighted by Gasteiger charge is -2.09. The van der Waals surface area contributed by atoms with Crippen molar-refractivity contribution in [2.45, 2.75) is 0 Å². The van der Waals surface area contributed by atoms with Gasteiger partial charge in [-0.15, -0.1) is 11.3 Å². The van der Waals surface area contributed by atoms with Gasteiger partial charge in [0.05, 0.1) is 23.8 Å². The molecule has 0 saturated heterocycles. The lowest BCUT2D eigenvalue weighted by molar-refractivity contribution is -0.672. The Morgan fingerprint density at radius 3 is 2.52 bits per heavy atom. The van der Waals surface area contributed by atoms with E-state index in [1.54, 1.807) is 54.6 Å². The van der Waals surface area contributed by atoms with E-state index in [9.17, 15) is 14.3 Å². The Labute approximate surface area is 235 Å². The molecule has 11 heteroatoms. The number of hydrogen-bond donors (Lipinski definition) is 1. The van der Waals surface area contributed by atoms with Crippen molar-refractivity contribution in [2.24, 2.45) is 0 Å². The summed E-state index contributed by atoms with van der Waals surface area (Å²) in [6.07, 6.45) is 0. The molecule has 6 rings (SSSR count). The molecular formula is C29H18ClFN4O4S. The van der Waals surface area contributed by atoms with E-state index in [0.717, 1.165) is 21.6 Å². The smallest absolute Gasteiger partial charge is 0.312 e. The molecule has 198 valence electrons. The lowest BCUT2D eigenvalue weighted by Crippen LogP contribution is -2.39. The monoisotopic (exact) mass is 572 g/mol. The summed E-state index contributed by atoms with van der Waals surface area (Å²) in [5.41, 5.74) is 9.24. The van der Waals surface area contributed by atoms with E-state index in [0.29, 0.717) is 43.5 Å². The predicted octanol–water partition coefficient (Wildman–Crippen LogP) is 5.58. The van der Waals surface area contributed by atoms with Crippen LogP contribution in [0.4, 0.5) is 10.1 Å². The summed E-state index contributed by atoms with van der Waals surface area (Å²) in [4.78, 5) is 19.1. The Balaban J connectivity index is 1.54. The van der Waals surface area contributed by atoms with Crippen molar-refractivity contribution >= 4 is 44.6 Å². The highest BCUT2D eigenvalue weighted by Gasteiger charge is 2.33. The molecule has 0 saturated carbocycles. The van der Waals surface area contributed by atoms with E-state index in [2.05, 4.69) is 5.27 Å².